The van der Waals surface area contributed by atoms with E-state index in [1.165, 1.54) is 0 Å². The van der Waals surface area contributed by atoms with Crippen molar-refractivity contribution in [2.75, 3.05) is 17.7 Å². The van der Waals surface area contributed by atoms with Gasteiger partial charge in [-0.05, 0) is 25.1 Å². The van der Waals surface area contributed by atoms with Crippen molar-refractivity contribution in [2.24, 2.45) is 0 Å². The zero-order valence-corrected chi connectivity index (χ0v) is 11.1. The summed E-state index contributed by atoms with van der Waals surface area (Å²) in [4.78, 5) is 8.46. The first kappa shape index (κ1) is 13.3. The van der Waals surface area contributed by atoms with E-state index in [0.29, 0.717) is 34.3 Å². The van der Waals surface area contributed by atoms with E-state index in [-0.39, 0.29) is 0 Å². The Labute approximate surface area is 116 Å². The van der Waals surface area contributed by atoms with E-state index in [2.05, 4.69) is 20.6 Å². The van der Waals surface area contributed by atoms with Crippen LogP contribution in [0.3, 0.4) is 0 Å². The number of nitrogens with one attached hydrogen (secondary N) is 2. The second-order valence-electron chi connectivity index (χ2n) is 4.04. The molecule has 1 aromatic heterocycles. The lowest BCUT2D eigenvalue weighted by Gasteiger charge is -2.09. The Bertz CT molecular complexity index is 723. The molecule has 0 amide bonds. The van der Waals surface area contributed by atoms with Crippen molar-refractivity contribution in [3.8, 4) is 12.1 Å². The van der Waals surface area contributed by atoms with Crippen molar-refractivity contribution < 1.29 is 0 Å². The highest BCUT2D eigenvalue weighted by molar-refractivity contribution is 5.63. The van der Waals surface area contributed by atoms with E-state index in [4.69, 9.17) is 10.5 Å². The van der Waals surface area contributed by atoms with Gasteiger partial charge in [0.15, 0.2) is 0 Å². The fourth-order valence-electron chi connectivity index (χ4n) is 1.72. The number of anilines is 3. The highest BCUT2D eigenvalue weighted by Crippen LogP contribution is 2.20. The maximum Gasteiger partial charge on any atom is 0.136 e. The largest absolute Gasteiger partial charge is 0.373 e. The molecule has 0 unspecified atom stereocenters. The van der Waals surface area contributed by atoms with Gasteiger partial charge in [-0.2, -0.15) is 10.5 Å². The van der Waals surface area contributed by atoms with Crippen molar-refractivity contribution in [1.29, 1.82) is 10.5 Å². The third-order valence-electron chi connectivity index (χ3n) is 2.63. The molecule has 20 heavy (non-hydrogen) atoms. The predicted octanol–water partition coefficient (Wildman–Crippen LogP) is 2.31. The van der Waals surface area contributed by atoms with Crippen LogP contribution in [0, 0.1) is 29.6 Å². The molecule has 1 heterocycles. The summed E-state index contributed by atoms with van der Waals surface area (Å²) in [6.07, 6.45) is 0. The number of rotatable bonds is 3. The smallest absolute Gasteiger partial charge is 0.136 e. The van der Waals surface area contributed by atoms with Gasteiger partial charge < -0.3 is 10.6 Å². The Balaban J connectivity index is 2.33. The predicted molar refractivity (Wildman–Crippen MR) is 75.5 cm³/mol. The molecular weight excluding hydrogens is 252 g/mol. The molecule has 0 atom stereocenters. The zero-order valence-electron chi connectivity index (χ0n) is 11.1. The molecule has 6 heteroatoms. The summed E-state index contributed by atoms with van der Waals surface area (Å²) in [6, 6.07) is 10.7. The van der Waals surface area contributed by atoms with Gasteiger partial charge >= 0.3 is 0 Å². The first-order chi connectivity index (χ1) is 9.66. The summed E-state index contributed by atoms with van der Waals surface area (Å²) < 4.78 is 0. The molecule has 0 saturated carbocycles. The number of hydrogen-bond donors (Lipinski definition) is 2. The van der Waals surface area contributed by atoms with Crippen LogP contribution in [0.1, 0.15) is 17.0 Å². The molecule has 0 aliphatic carbocycles. The number of nitriles is 2. The molecule has 1 aromatic carbocycles. The lowest BCUT2D eigenvalue weighted by molar-refractivity contribution is 1.06. The molecule has 0 aliphatic heterocycles. The molecule has 2 aromatic rings. The quantitative estimate of drug-likeness (QED) is 0.882. The van der Waals surface area contributed by atoms with E-state index < -0.39 is 0 Å². The molecular formula is C14H12N6. The van der Waals surface area contributed by atoms with Crippen LogP contribution in [0.4, 0.5) is 17.3 Å². The fraction of sp³-hybridized carbons (Fsp3) is 0.143. The molecule has 2 N–H and O–H groups in total. The average Bonchev–Trinajstić information content (AvgIpc) is 2.46. The van der Waals surface area contributed by atoms with Crippen LogP contribution in [-0.4, -0.2) is 17.0 Å². The Kier molecular flexibility index (Phi) is 3.78. The maximum absolute atomic E-state index is 9.00. The molecule has 0 saturated heterocycles. The van der Waals surface area contributed by atoms with Gasteiger partial charge in [0, 0.05) is 18.8 Å². The molecule has 0 radical (unpaired) electrons. The van der Waals surface area contributed by atoms with Gasteiger partial charge in [0.1, 0.15) is 29.6 Å². The van der Waals surface area contributed by atoms with Crippen molar-refractivity contribution in [1.82, 2.24) is 9.97 Å². The van der Waals surface area contributed by atoms with Gasteiger partial charge in [-0.1, -0.05) is 0 Å². The van der Waals surface area contributed by atoms with Crippen LogP contribution in [0.15, 0.2) is 24.3 Å². The topological polar surface area (TPSA) is 97.4 Å². The third kappa shape index (κ3) is 2.82. The molecule has 6 nitrogen and oxygen atoms in total. The van der Waals surface area contributed by atoms with E-state index in [1.54, 1.807) is 38.2 Å². The van der Waals surface area contributed by atoms with Gasteiger partial charge in [-0.25, -0.2) is 9.97 Å². The Morgan fingerprint density at radius 3 is 2.35 bits per heavy atom. The average molecular weight is 264 g/mol. The van der Waals surface area contributed by atoms with E-state index in [0.717, 1.165) is 0 Å². The zero-order chi connectivity index (χ0) is 14.5. The summed E-state index contributed by atoms with van der Waals surface area (Å²) in [6.45, 7) is 1.80. The van der Waals surface area contributed by atoms with E-state index in [9.17, 15) is 0 Å². The number of aryl methyl sites for hydroxylation is 1. The van der Waals surface area contributed by atoms with Crippen LogP contribution in [0.25, 0.3) is 0 Å². The molecule has 2 rings (SSSR count). The molecule has 98 valence electrons. The molecule has 0 spiro atoms. The van der Waals surface area contributed by atoms with Crippen LogP contribution in [0.5, 0.6) is 0 Å². The van der Waals surface area contributed by atoms with Crippen molar-refractivity contribution in [3.05, 3.63) is 41.2 Å². The second kappa shape index (κ2) is 5.68. The first-order valence-electron chi connectivity index (χ1n) is 5.91. The standard InChI is InChI=1S/C14H12N6/c1-9-18-13(17-2)6-14(19-9)20-12-4-3-10(7-15)11(5-12)8-16/h3-6H,1-2H3,(H2,17,18,19,20). The number of nitrogens with zero attached hydrogens (tertiary/aromatic N) is 4. The summed E-state index contributed by atoms with van der Waals surface area (Å²) in [5.74, 6) is 1.96. The van der Waals surface area contributed by atoms with Gasteiger partial charge in [-0.3, -0.25) is 0 Å². The first-order valence-corrected chi connectivity index (χ1v) is 5.91. The lowest BCUT2D eigenvalue weighted by atomic mass is 10.1. The minimum atomic E-state index is 0.331. The molecule has 0 aliphatic rings. The Morgan fingerprint density at radius 1 is 1.00 bits per heavy atom. The summed E-state index contributed by atoms with van der Waals surface area (Å²) >= 11 is 0. The van der Waals surface area contributed by atoms with Gasteiger partial charge in [0.2, 0.25) is 0 Å². The maximum atomic E-state index is 9.00. The molecule has 0 bridgehead atoms. The summed E-state index contributed by atoms with van der Waals surface area (Å²) in [5, 5.41) is 23.9. The lowest BCUT2D eigenvalue weighted by Crippen LogP contribution is -2.01. The van der Waals surface area contributed by atoms with E-state index >= 15 is 0 Å². The monoisotopic (exact) mass is 264 g/mol. The van der Waals surface area contributed by atoms with Gasteiger partial charge in [0.25, 0.3) is 0 Å². The SMILES string of the molecule is CNc1cc(Nc2ccc(C#N)c(C#N)c2)nc(C)n1. The normalized spacial score (nSPS) is 9.40. The second-order valence-corrected chi connectivity index (χ2v) is 4.04. The summed E-state index contributed by atoms with van der Waals surface area (Å²) in [5.41, 5.74) is 1.38. The Hall–Kier alpha value is -3.12. The van der Waals surface area contributed by atoms with Crippen molar-refractivity contribution in [2.45, 2.75) is 6.92 Å². The number of benzene rings is 1. The highest BCUT2D eigenvalue weighted by atomic mass is 15.1. The van der Waals surface area contributed by atoms with Crippen molar-refractivity contribution in [3.63, 3.8) is 0 Å². The molecule has 0 fully saturated rings. The van der Waals surface area contributed by atoms with Gasteiger partial charge in [-0.15, -0.1) is 0 Å². The minimum Gasteiger partial charge on any atom is -0.373 e. The van der Waals surface area contributed by atoms with E-state index in [1.807, 2.05) is 12.1 Å². The number of hydrogen-bond acceptors (Lipinski definition) is 6. The van der Waals surface area contributed by atoms with Crippen LogP contribution >= 0.6 is 0 Å². The summed E-state index contributed by atoms with van der Waals surface area (Å²) in [7, 11) is 1.78. The van der Waals surface area contributed by atoms with Crippen LogP contribution in [0.2, 0.25) is 0 Å². The minimum absolute atomic E-state index is 0.331. The third-order valence-corrected chi connectivity index (χ3v) is 2.63. The van der Waals surface area contributed by atoms with Crippen molar-refractivity contribution >= 4 is 17.3 Å². The number of aromatic nitrogens is 2. The van der Waals surface area contributed by atoms with Crippen LogP contribution in [-0.2, 0) is 0 Å². The highest BCUT2D eigenvalue weighted by Gasteiger charge is 2.05. The Morgan fingerprint density at radius 2 is 1.70 bits per heavy atom. The fourth-order valence-corrected chi connectivity index (χ4v) is 1.72. The van der Waals surface area contributed by atoms with Gasteiger partial charge in [0.05, 0.1) is 11.1 Å². The van der Waals surface area contributed by atoms with Crippen LogP contribution < -0.4 is 10.6 Å².